The van der Waals surface area contributed by atoms with E-state index >= 15 is 0 Å². The van der Waals surface area contributed by atoms with E-state index in [1.54, 1.807) is 30.1 Å². The Balaban J connectivity index is 1.94. The van der Waals surface area contributed by atoms with Gasteiger partial charge in [-0.3, -0.25) is 9.89 Å². The number of benzene rings is 2. The predicted molar refractivity (Wildman–Crippen MR) is 86.1 cm³/mol. The van der Waals surface area contributed by atoms with Crippen molar-refractivity contribution in [2.75, 3.05) is 7.05 Å². The van der Waals surface area contributed by atoms with Crippen LogP contribution in [0.2, 0.25) is 0 Å². The number of nitrogens with zero attached hydrogens (tertiary/aromatic N) is 2. The minimum Gasteiger partial charge on any atom is -0.507 e. The first kappa shape index (κ1) is 13.6. The van der Waals surface area contributed by atoms with Gasteiger partial charge in [0.25, 0.3) is 5.91 Å². The van der Waals surface area contributed by atoms with E-state index in [0.29, 0.717) is 17.0 Å². The summed E-state index contributed by atoms with van der Waals surface area (Å²) in [6.07, 6.45) is 0. The summed E-state index contributed by atoms with van der Waals surface area (Å²) in [5.74, 6) is 0.0543. The molecule has 1 atom stereocenters. The highest BCUT2D eigenvalue weighted by atomic mass is 16.3. The molecule has 1 unspecified atom stereocenters. The Morgan fingerprint density at radius 1 is 1.09 bits per heavy atom. The zero-order valence-electron chi connectivity index (χ0n) is 12.5. The standard InChI is InChI=1S/C18H15N3O2/c1-21-17(11-7-3-2-4-8-11)14-15(19-20-16(14)18(21)23)12-9-5-6-10-13(12)22/h2-10,17,22H,1H3,(H,19,20). The highest BCUT2D eigenvalue weighted by Gasteiger charge is 2.40. The zero-order valence-corrected chi connectivity index (χ0v) is 12.5. The molecule has 0 fully saturated rings. The lowest BCUT2D eigenvalue weighted by atomic mass is 9.96. The number of aromatic hydroxyl groups is 1. The van der Waals surface area contributed by atoms with Gasteiger partial charge in [-0.05, 0) is 17.7 Å². The molecule has 2 aromatic carbocycles. The van der Waals surface area contributed by atoms with E-state index in [2.05, 4.69) is 10.2 Å². The summed E-state index contributed by atoms with van der Waals surface area (Å²) in [6.45, 7) is 0. The van der Waals surface area contributed by atoms with Crippen LogP contribution in [0.25, 0.3) is 11.3 Å². The molecule has 1 aliphatic rings. The molecule has 2 heterocycles. The van der Waals surface area contributed by atoms with Crippen molar-refractivity contribution < 1.29 is 9.90 Å². The van der Waals surface area contributed by atoms with Crippen molar-refractivity contribution in [2.45, 2.75) is 6.04 Å². The maximum absolute atomic E-state index is 12.5. The minimum atomic E-state index is -0.216. The lowest BCUT2D eigenvalue weighted by Crippen LogP contribution is -2.24. The van der Waals surface area contributed by atoms with E-state index in [-0.39, 0.29) is 17.7 Å². The molecule has 114 valence electrons. The molecule has 0 aliphatic carbocycles. The van der Waals surface area contributed by atoms with Gasteiger partial charge in [0.1, 0.15) is 17.1 Å². The fraction of sp³-hybridized carbons (Fsp3) is 0.111. The van der Waals surface area contributed by atoms with Gasteiger partial charge < -0.3 is 10.0 Å². The van der Waals surface area contributed by atoms with Crippen LogP contribution in [-0.4, -0.2) is 33.2 Å². The monoisotopic (exact) mass is 305 g/mol. The quantitative estimate of drug-likeness (QED) is 0.765. The molecule has 0 spiro atoms. The number of hydrogen-bond acceptors (Lipinski definition) is 3. The third-order valence-electron chi connectivity index (χ3n) is 4.27. The van der Waals surface area contributed by atoms with Gasteiger partial charge in [0.05, 0.1) is 6.04 Å². The van der Waals surface area contributed by atoms with Crippen molar-refractivity contribution in [2.24, 2.45) is 0 Å². The molecule has 23 heavy (non-hydrogen) atoms. The Kier molecular flexibility index (Phi) is 2.94. The van der Waals surface area contributed by atoms with Crippen LogP contribution in [0.4, 0.5) is 0 Å². The molecular weight excluding hydrogens is 290 g/mol. The molecule has 4 rings (SSSR count). The molecule has 5 heteroatoms. The maximum Gasteiger partial charge on any atom is 0.272 e. The number of phenolic OH excluding ortho intramolecular Hbond substituents is 1. The number of carbonyl (C=O) groups excluding carboxylic acids is 1. The van der Waals surface area contributed by atoms with E-state index < -0.39 is 0 Å². The van der Waals surface area contributed by atoms with Crippen LogP contribution in [-0.2, 0) is 0 Å². The summed E-state index contributed by atoms with van der Waals surface area (Å²) >= 11 is 0. The molecule has 3 aromatic rings. The Morgan fingerprint density at radius 3 is 2.52 bits per heavy atom. The molecule has 0 saturated heterocycles. The third-order valence-corrected chi connectivity index (χ3v) is 4.27. The number of aromatic nitrogens is 2. The van der Waals surface area contributed by atoms with Gasteiger partial charge in [0.2, 0.25) is 0 Å². The summed E-state index contributed by atoms with van der Waals surface area (Å²) in [7, 11) is 1.78. The molecule has 1 aromatic heterocycles. The SMILES string of the molecule is CN1C(=O)c2[nH]nc(-c3ccccc3O)c2C1c1ccccc1. The summed E-state index contributed by atoms with van der Waals surface area (Å²) in [4.78, 5) is 14.2. The molecule has 5 nitrogen and oxygen atoms in total. The number of fused-ring (bicyclic) bond motifs is 1. The van der Waals surface area contributed by atoms with Crippen molar-refractivity contribution in [3.05, 3.63) is 71.4 Å². The average molecular weight is 305 g/mol. The first-order valence-corrected chi connectivity index (χ1v) is 7.37. The first-order chi connectivity index (χ1) is 11.2. The normalized spacial score (nSPS) is 16.7. The van der Waals surface area contributed by atoms with Gasteiger partial charge in [0, 0.05) is 18.2 Å². The first-order valence-electron chi connectivity index (χ1n) is 7.37. The summed E-state index contributed by atoms with van der Waals surface area (Å²) in [5, 5.41) is 17.3. The highest BCUT2D eigenvalue weighted by Crippen LogP contribution is 2.43. The number of nitrogens with one attached hydrogen (secondary N) is 1. The van der Waals surface area contributed by atoms with E-state index in [1.165, 1.54) is 0 Å². The van der Waals surface area contributed by atoms with Gasteiger partial charge in [0.15, 0.2) is 0 Å². The van der Waals surface area contributed by atoms with Crippen LogP contribution in [0.5, 0.6) is 5.75 Å². The zero-order chi connectivity index (χ0) is 16.0. The fourth-order valence-electron chi connectivity index (χ4n) is 3.17. The number of rotatable bonds is 2. The van der Waals surface area contributed by atoms with Crippen molar-refractivity contribution >= 4 is 5.91 Å². The third kappa shape index (κ3) is 1.93. The fourth-order valence-corrected chi connectivity index (χ4v) is 3.17. The van der Waals surface area contributed by atoms with E-state index in [9.17, 15) is 9.90 Å². The second-order valence-electron chi connectivity index (χ2n) is 5.61. The van der Waals surface area contributed by atoms with E-state index in [4.69, 9.17) is 0 Å². The molecular formula is C18H15N3O2. The van der Waals surface area contributed by atoms with Crippen LogP contribution < -0.4 is 0 Å². The van der Waals surface area contributed by atoms with Crippen LogP contribution in [0.1, 0.15) is 27.7 Å². The molecule has 0 bridgehead atoms. The second-order valence-corrected chi connectivity index (χ2v) is 5.61. The Morgan fingerprint density at radius 2 is 1.78 bits per heavy atom. The largest absolute Gasteiger partial charge is 0.507 e. The molecule has 0 radical (unpaired) electrons. The topological polar surface area (TPSA) is 69.2 Å². The van der Waals surface area contributed by atoms with E-state index in [0.717, 1.165) is 11.1 Å². The smallest absolute Gasteiger partial charge is 0.272 e. The predicted octanol–water partition coefficient (Wildman–Crippen LogP) is 2.96. The van der Waals surface area contributed by atoms with Crippen LogP contribution in [0, 0.1) is 0 Å². The lowest BCUT2D eigenvalue weighted by Gasteiger charge is -2.21. The lowest BCUT2D eigenvalue weighted by molar-refractivity contribution is 0.0788. The summed E-state index contributed by atoms with van der Waals surface area (Å²) in [5.41, 5.74) is 3.55. The number of carbonyl (C=O) groups is 1. The second kappa shape index (κ2) is 4.98. The number of phenols is 1. The van der Waals surface area contributed by atoms with Gasteiger partial charge >= 0.3 is 0 Å². The van der Waals surface area contributed by atoms with Crippen LogP contribution >= 0.6 is 0 Å². The average Bonchev–Trinajstić information content (AvgIpc) is 3.09. The van der Waals surface area contributed by atoms with Gasteiger partial charge in [-0.1, -0.05) is 42.5 Å². The molecule has 2 N–H and O–H groups in total. The Bertz CT molecular complexity index is 886. The molecule has 1 aliphatic heterocycles. The van der Waals surface area contributed by atoms with Crippen LogP contribution in [0.3, 0.4) is 0 Å². The number of hydrogen-bond donors (Lipinski definition) is 2. The molecule has 1 amide bonds. The number of para-hydroxylation sites is 1. The van der Waals surface area contributed by atoms with Gasteiger partial charge in [-0.2, -0.15) is 5.10 Å². The minimum absolute atomic E-state index is 0.0944. The Labute approximate surface area is 133 Å². The van der Waals surface area contributed by atoms with Crippen LogP contribution in [0.15, 0.2) is 54.6 Å². The summed E-state index contributed by atoms with van der Waals surface area (Å²) in [6, 6.07) is 16.6. The summed E-state index contributed by atoms with van der Waals surface area (Å²) < 4.78 is 0. The highest BCUT2D eigenvalue weighted by molar-refractivity contribution is 6.00. The van der Waals surface area contributed by atoms with Gasteiger partial charge in [-0.15, -0.1) is 0 Å². The number of amides is 1. The van der Waals surface area contributed by atoms with Gasteiger partial charge in [-0.25, -0.2) is 0 Å². The molecule has 0 saturated carbocycles. The Hall–Kier alpha value is -3.08. The number of H-pyrrole nitrogens is 1. The number of aromatic amines is 1. The van der Waals surface area contributed by atoms with E-state index in [1.807, 2.05) is 36.4 Å². The maximum atomic E-state index is 12.5. The van der Waals surface area contributed by atoms with Crippen molar-refractivity contribution in [3.8, 4) is 17.0 Å². The van der Waals surface area contributed by atoms with Crippen molar-refractivity contribution in [1.82, 2.24) is 15.1 Å². The van der Waals surface area contributed by atoms with Crippen molar-refractivity contribution in [1.29, 1.82) is 0 Å². The van der Waals surface area contributed by atoms with Crippen molar-refractivity contribution in [3.63, 3.8) is 0 Å².